The highest BCUT2D eigenvalue weighted by molar-refractivity contribution is 5.76. The molecule has 0 unspecified atom stereocenters. The van der Waals surface area contributed by atoms with Gasteiger partial charge in [-0.25, -0.2) is 0 Å². The highest BCUT2D eigenvalue weighted by atomic mass is 16.6. The monoisotopic (exact) mass is 381 g/mol. The Kier molecular flexibility index (Phi) is 6.00. The smallest absolute Gasteiger partial charge is 0.220 e. The molecule has 0 atom stereocenters. The fourth-order valence-electron chi connectivity index (χ4n) is 3.72. The fourth-order valence-corrected chi connectivity index (χ4v) is 3.72. The van der Waals surface area contributed by atoms with Crippen LogP contribution in [0.4, 0.5) is 0 Å². The van der Waals surface area contributed by atoms with Crippen LogP contribution in [0, 0.1) is 0 Å². The van der Waals surface area contributed by atoms with E-state index in [1.807, 2.05) is 30.3 Å². The molecule has 0 aromatic heterocycles. The molecular weight excluding hydrogens is 354 g/mol. The van der Waals surface area contributed by atoms with Gasteiger partial charge in [-0.15, -0.1) is 0 Å². The molecule has 148 valence electrons. The summed E-state index contributed by atoms with van der Waals surface area (Å²) >= 11 is 0. The summed E-state index contributed by atoms with van der Waals surface area (Å²) < 4.78 is 17.2. The van der Waals surface area contributed by atoms with E-state index in [1.54, 1.807) is 0 Å². The number of rotatable bonds is 7. The molecule has 1 fully saturated rings. The molecule has 1 N–H and O–H groups in total. The number of amides is 1. The molecule has 2 aliphatic rings. The first-order valence-corrected chi connectivity index (χ1v) is 10.2. The van der Waals surface area contributed by atoms with Crippen LogP contribution in [0.2, 0.25) is 0 Å². The van der Waals surface area contributed by atoms with Gasteiger partial charge in [-0.05, 0) is 67.5 Å². The Balaban J connectivity index is 1.24. The van der Waals surface area contributed by atoms with Crippen molar-refractivity contribution < 1.29 is 19.0 Å². The number of benzene rings is 2. The topological polar surface area (TPSA) is 56.8 Å². The lowest BCUT2D eigenvalue weighted by Crippen LogP contribution is -2.23. The van der Waals surface area contributed by atoms with Gasteiger partial charge >= 0.3 is 0 Å². The molecule has 1 heterocycles. The molecule has 0 spiro atoms. The van der Waals surface area contributed by atoms with Crippen molar-refractivity contribution >= 4 is 5.91 Å². The summed E-state index contributed by atoms with van der Waals surface area (Å²) in [6.07, 6.45) is 6.32. The average molecular weight is 381 g/mol. The van der Waals surface area contributed by atoms with E-state index in [2.05, 4.69) is 17.4 Å². The molecule has 0 saturated heterocycles. The number of nitrogens with one attached hydrogen (secondary N) is 1. The van der Waals surface area contributed by atoms with Crippen LogP contribution in [0.5, 0.6) is 17.2 Å². The molecule has 1 amide bonds. The molecule has 28 heavy (non-hydrogen) atoms. The normalized spacial score (nSPS) is 16.0. The van der Waals surface area contributed by atoms with Gasteiger partial charge in [0.05, 0.1) is 6.10 Å². The summed E-state index contributed by atoms with van der Waals surface area (Å²) in [7, 11) is 0. The molecule has 4 rings (SSSR count). The summed E-state index contributed by atoms with van der Waals surface area (Å²) in [4.78, 5) is 12.2. The molecule has 1 aliphatic heterocycles. The van der Waals surface area contributed by atoms with Gasteiger partial charge in [0.2, 0.25) is 5.91 Å². The first kappa shape index (κ1) is 18.7. The zero-order valence-corrected chi connectivity index (χ0v) is 16.1. The Morgan fingerprint density at radius 2 is 1.82 bits per heavy atom. The van der Waals surface area contributed by atoms with E-state index in [0.717, 1.165) is 41.2 Å². The maximum atomic E-state index is 12.2. The number of fused-ring (bicyclic) bond motifs is 1. The van der Waals surface area contributed by atoms with Gasteiger partial charge in [0, 0.05) is 13.0 Å². The number of hydrogen-bond acceptors (Lipinski definition) is 4. The minimum Gasteiger partial charge on any atom is -0.490 e. The van der Waals surface area contributed by atoms with E-state index in [9.17, 15) is 4.79 Å². The molecule has 5 nitrogen and oxygen atoms in total. The predicted octanol–water partition coefficient (Wildman–Crippen LogP) is 4.03. The maximum Gasteiger partial charge on any atom is 0.220 e. The van der Waals surface area contributed by atoms with Gasteiger partial charge < -0.3 is 19.5 Å². The number of aryl methyl sites for hydroxylation is 1. The molecule has 1 saturated carbocycles. The van der Waals surface area contributed by atoms with Gasteiger partial charge in [-0.3, -0.25) is 4.79 Å². The van der Waals surface area contributed by atoms with Crippen LogP contribution in [0.15, 0.2) is 42.5 Å². The minimum absolute atomic E-state index is 0.0389. The van der Waals surface area contributed by atoms with E-state index >= 15 is 0 Å². The van der Waals surface area contributed by atoms with Crippen molar-refractivity contribution in [2.45, 2.75) is 51.2 Å². The van der Waals surface area contributed by atoms with Crippen molar-refractivity contribution in [2.75, 3.05) is 13.2 Å². The van der Waals surface area contributed by atoms with Crippen molar-refractivity contribution in [3.63, 3.8) is 0 Å². The Labute approximate surface area is 166 Å². The number of ether oxygens (including phenoxy) is 3. The van der Waals surface area contributed by atoms with E-state index in [4.69, 9.17) is 14.2 Å². The third-order valence-corrected chi connectivity index (χ3v) is 5.24. The molecule has 2 aromatic rings. The first-order chi connectivity index (χ1) is 13.8. The lowest BCUT2D eigenvalue weighted by Gasteiger charge is -2.19. The second kappa shape index (κ2) is 9.00. The second-order valence-electron chi connectivity index (χ2n) is 7.43. The van der Waals surface area contributed by atoms with Gasteiger partial charge in [0.15, 0.2) is 11.5 Å². The molecular formula is C23H27NO4. The summed E-state index contributed by atoms with van der Waals surface area (Å²) in [6.45, 7) is 1.63. The summed E-state index contributed by atoms with van der Waals surface area (Å²) in [5, 5.41) is 2.98. The summed E-state index contributed by atoms with van der Waals surface area (Å²) in [5.74, 6) is 2.47. The maximum absolute atomic E-state index is 12.2. The summed E-state index contributed by atoms with van der Waals surface area (Å²) in [5.41, 5.74) is 2.13. The fraction of sp³-hybridized carbons (Fsp3) is 0.435. The molecule has 5 heteroatoms. The van der Waals surface area contributed by atoms with E-state index < -0.39 is 0 Å². The predicted molar refractivity (Wildman–Crippen MR) is 107 cm³/mol. The molecule has 0 bridgehead atoms. The summed E-state index contributed by atoms with van der Waals surface area (Å²) in [6, 6.07) is 13.9. The van der Waals surface area contributed by atoms with Crippen LogP contribution in [-0.4, -0.2) is 25.2 Å². The molecule has 0 radical (unpaired) electrons. The average Bonchev–Trinajstić information content (AvgIpc) is 3.24. The highest BCUT2D eigenvalue weighted by Gasteiger charge is 2.16. The quantitative estimate of drug-likeness (QED) is 0.787. The number of hydrogen-bond donors (Lipinski definition) is 1. The largest absolute Gasteiger partial charge is 0.490 e. The van der Waals surface area contributed by atoms with Crippen molar-refractivity contribution in [1.82, 2.24) is 5.32 Å². The van der Waals surface area contributed by atoms with Crippen molar-refractivity contribution in [1.29, 1.82) is 0 Å². The standard InChI is InChI=1S/C23H27NO4/c25-23(24-16-18-8-10-21-22(15-18)27-13-12-26-21)11-9-17-4-3-7-20(14-17)28-19-5-1-2-6-19/h3-4,7-8,10,14-15,19H,1-2,5-6,9,11-13,16H2,(H,24,25). The Morgan fingerprint density at radius 1 is 1.00 bits per heavy atom. The lowest BCUT2D eigenvalue weighted by atomic mass is 10.1. The van der Waals surface area contributed by atoms with E-state index in [-0.39, 0.29) is 5.91 Å². The Bertz CT molecular complexity index is 814. The lowest BCUT2D eigenvalue weighted by molar-refractivity contribution is -0.121. The SMILES string of the molecule is O=C(CCc1cccc(OC2CCCC2)c1)NCc1ccc2c(c1)OCCO2. The van der Waals surface area contributed by atoms with Crippen LogP contribution in [0.3, 0.4) is 0 Å². The zero-order chi connectivity index (χ0) is 19.2. The Morgan fingerprint density at radius 3 is 2.68 bits per heavy atom. The third-order valence-electron chi connectivity index (χ3n) is 5.24. The molecule has 2 aromatic carbocycles. The van der Waals surface area contributed by atoms with Gasteiger partial charge in [0.25, 0.3) is 0 Å². The zero-order valence-electron chi connectivity index (χ0n) is 16.1. The Hall–Kier alpha value is -2.69. The first-order valence-electron chi connectivity index (χ1n) is 10.2. The van der Waals surface area contributed by atoms with Gasteiger partial charge in [-0.1, -0.05) is 18.2 Å². The second-order valence-corrected chi connectivity index (χ2v) is 7.43. The van der Waals surface area contributed by atoms with Crippen LogP contribution in [0.25, 0.3) is 0 Å². The van der Waals surface area contributed by atoms with E-state index in [0.29, 0.717) is 38.7 Å². The number of carbonyl (C=O) groups excluding carboxylic acids is 1. The van der Waals surface area contributed by atoms with Crippen LogP contribution >= 0.6 is 0 Å². The van der Waals surface area contributed by atoms with Crippen LogP contribution in [-0.2, 0) is 17.8 Å². The highest BCUT2D eigenvalue weighted by Crippen LogP contribution is 2.30. The van der Waals surface area contributed by atoms with Gasteiger partial charge in [-0.2, -0.15) is 0 Å². The van der Waals surface area contributed by atoms with Crippen LogP contribution < -0.4 is 19.5 Å². The van der Waals surface area contributed by atoms with Gasteiger partial charge in [0.1, 0.15) is 19.0 Å². The number of carbonyl (C=O) groups is 1. The molecule has 1 aliphatic carbocycles. The van der Waals surface area contributed by atoms with Crippen molar-refractivity contribution in [3.05, 3.63) is 53.6 Å². The van der Waals surface area contributed by atoms with E-state index in [1.165, 1.54) is 12.8 Å². The van der Waals surface area contributed by atoms with Crippen LogP contribution in [0.1, 0.15) is 43.2 Å². The van der Waals surface area contributed by atoms with Crippen molar-refractivity contribution in [2.24, 2.45) is 0 Å². The third kappa shape index (κ3) is 4.97. The minimum atomic E-state index is 0.0389. The van der Waals surface area contributed by atoms with Crippen molar-refractivity contribution in [3.8, 4) is 17.2 Å².